The van der Waals surface area contributed by atoms with E-state index < -0.39 is 0 Å². The molecule has 0 spiro atoms. The SMILES string of the molecule is CC(C)(C)NCc1cccc(CCCOCCCC2CCCC(OC(C)(C)C)C2)c1. The van der Waals surface area contributed by atoms with E-state index in [0.29, 0.717) is 6.10 Å². The van der Waals surface area contributed by atoms with Crippen molar-refractivity contribution in [2.45, 2.75) is 117 Å². The fourth-order valence-electron chi connectivity index (χ4n) is 4.33. The van der Waals surface area contributed by atoms with Crippen LogP contribution in [0.1, 0.15) is 97.6 Å². The van der Waals surface area contributed by atoms with Crippen LogP contribution in [0.15, 0.2) is 24.3 Å². The number of aryl methyl sites for hydroxylation is 1. The summed E-state index contributed by atoms with van der Waals surface area (Å²) >= 11 is 0. The van der Waals surface area contributed by atoms with Gasteiger partial charge in [-0.1, -0.05) is 37.1 Å². The van der Waals surface area contributed by atoms with E-state index >= 15 is 0 Å². The normalized spacial score (nSPS) is 20.5. The standard InChI is InChI=1S/C27H47NO2/c1-26(2,3)28-21-24-13-7-11-22(19-24)14-9-17-29-18-10-15-23-12-8-16-25(20-23)30-27(4,5)6/h7,11,13,19,23,25,28H,8-10,12,14-18,20-21H2,1-6H3. The maximum Gasteiger partial charge on any atom is 0.0602 e. The van der Waals surface area contributed by atoms with E-state index in [9.17, 15) is 0 Å². The van der Waals surface area contributed by atoms with Crippen LogP contribution in [0, 0.1) is 5.92 Å². The molecule has 3 nitrogen and oxygen atoms in total. The highest BCUT2D eigenvalue weighted by atomic mass is 16.5. The molecule has 0 radical (unpaired) electrons. The average Bonchev–Trinajstić information content (AvgIpc) is 2.64. The van der Waals surface area contributed by atoms with Gasteiger partial charge in [0.15, 0.2) is 0 Å². The summed E-state index contributed by atoms with van der Waals surface area (Å²) in [5.74, 6) is 0.819. The summed E-state index contributed by atoms with van der Waals surface area (Å²) in [5, 5.41) is 3.56. The Balaban J connectivity index is 1.55. The maximum atomic E-state index is 6.22. The molecule has 1 aliphatic rings. The van der Waals surface area contributed by atoms with E-state index in [1.807, 2.05) is 0 Å². The second kappa shape index (κ2) is 12.2. The highest BCUT2D eigenvalue weighted by Gasteiger charge is 2.25. The van der Waals surface area contributed by atoms with E-state index in [-0.39, 0.29) is 11.1 Å². The van der Waals surface area contributed by atoms with E-state index in [1.165, 1.54) is 49.7 Å². The molecular formula is C27H47NO2. The van der Waals surface area contributed by atoms with Crippen molar-refractivity contribution in [3.63, 3.8) is 0 Å². The van der Waals surface area contributed by atoms with Gasteiger partial charge in [0, 0.05) is 25.3 Å². The van der Waals surface area contributed by atoms with Gasteiger partial charge in [-0.2, -0.15) is 0 Å². The first kappa shape index (κ1) is 25.4. The second-order valence-electron chi connectivity index (χ2n) is 11.2. The van der Waals surface area contributed by atoms with E-state index in [2.05, 4.69) is 71.1 Å². The molecule has 0 amide bonds. The molecule has 2 rings (SSSR count). The zero-order valence-corrected chi connectivity index (χ0v) is 20.6. The fraction of sp³-hybridized carbons (Fsp3) is 0.778. The minimum Gasteiger partial charge on any atom is -0.381 e. The molecule has 1 aromatic rings. The maximum absolute atomic E-state index is 6.22. The summed E-state index contributed by atoms with van der Waals surface area (Å²) < 4.78 is 12.1. The molecule has 172 valence electrons. The van der Waals surface area contributed by atoms with E-state index in [1.54, 1.807) is 0 Å². The molecule has 1 aromatic carbocycles. The molecule has 0 aliphatic heterocycles. The predicted molar refractivity (Wildman–Crippen MR) is 128 cm³/mol. The average molecular weight is 418 g/mol. The van der Waals surface area contributed by atoms with Gasteiger partial charge in [-0.05, 0) is 97.1 Å². The van der Waals surface area contributed by atoms with Crippen molar-refractivity contribution in [1.29, 1.82) is 0 Å². The van der Waals surface area contributed by atoms with Crippen LogP contribution in [-0.2, 0) is 22.4 Å². The Morgan fingerprint density at radius 3 is 2.43 bits per heavy atom. The lowest BCUT2D eigenvalue weighted by molar-refractivity contribution is -0.0822. The van der Waals surface area contributed by atoms with Crippen molar-refractivity contribution in [3.05, 3.63) is 35.4 Å². The summed E-state index contributed by atoms with van der Waals surface area (Å²) in [6.45, 7) is 15.8. The first-order valence-electron chi connectivity index (χ1n) is 12.2. The Hall–Kier alpha value is -0.900. The van der Waals surface area contributed by atoms with Crippen molar-refractivity contribution < 1.29 is 9.47 Å². The molecule has 3 heteroatoms. The zero-order valence-electron chi connectivity index (χ0n) is 20.6. The van der Waals surface area contributed by atoms with Crippen molar-refractivity contribution in [2.24, 2.45) is 5.92 Å². The Kier molecular flexibility index (Phi) is 10.3. The zero-order chi connectivity index (χ0) is 22.0. The molecule has 1 fully saturated rings. The highest BCUT2D eigenvalue weighted by Crippen LogP contribution is 2.31. The quantitative estimate of drug-likeness (QED) is 0.407. The van der Waals surface area contributed by atoms with Gasteiger partial charge in [-0.3, -0.25) is 0 Å². The summed E-state index contributed by atoms with van der Waals surface area (Å²) in [7, 11) is 0. The van der Waals surface area contributed by atoms with Crippen LogP contribution in [0.3, 0.4) is 0 Å². The monoisotopic (exact) mass is 417 g/mol. The molecule has 0 saturated heterocycles. The Labute approximate surface area is 186 Å². The van der Waals surface area contributed by atoms with Gasteiger partial charge in [0.25, 0.3) is 0 Å². The van der Waals surface area contributed by atoms with Crippen molar-refractivity contribution >= 4 is 0 Å². The van der Waals surface area contributed by atoms with E-state index in [0.717, 1.165) is 38.5 Å². The van der Waals surface area contributed by atoms with Crippen molar-refractivity contribution in [2.75, 3.05) is 13.2 Å². The van der Waals surface area contributed by atoms with Crippen molar-refractivity contribution in [1.82, 2.24) is 5.32 Å². The lowest BCUT2D eigenvalue weighted by Gasteiger charge is -2.34. The highest BCUT2D eigenvalue weighted by molar-refractivity contribution is 5.23. The molecule has 0 aromatic heterocycles. The summed E-state index contributed by atoms with van der Waals surface area (Å²) in [4.78, 5) is 0. The minimum absolute atomic E-state index is 0.0156. The number of rotatable bonds is 11. The van der Waals surface area contributed by atoms with Gasteiger partial charge in [0.1, 0.15) is 0 Å². The molecule has 1 saturated carbocycles. The van der Waals surface area contributed by atoms with Crippen molar-refractivity contribution in [3.8, 4) is 0 Å². The predicted octanol–water partition coefficient (Wildman–Crippen LogP) is 6.68. The summed E-state index contributed by atoms with van der Waals surface area (Å²) in [5.41, 5.74) is 2.92. The third kappa shape index (κ3) is 11.5. The third-order valence-electron chi connectivity index (χ3n) is 5.72. The van der Waals surface area contributed by atoms with Crippen LogP contribution in [0.25, 0.3) is 0 Å². The largest absolute Gasteiger partial charge is 0.381 e. The smallest absolute Gasteiger partial charge is 0.0602 e. The number of benzene rings is 1. The third-order valence-corrected chi connectivity index (χ3v) is 5.72. The first-order chi connectivity index (χ1) is 14.1. The molecule has 1 N–H and O–H groups in total. The van der Waals surface area contributed by atoms with Gasteiger partial charge in [-0.15, -0.1) is 0 Å². The Morgan fingerprint density at radius 2 is 1.70 bits per heavy atom. The Morgan fingerprint density at radius 1 is 0.967 bits per heavy atom. The summed E-state index contributed by atoms with van der Waals surface area (Å²) in [6.07, 6.45) is 10.3. The van der Waals surface area contributed by atoms with Gasteiger partial charge in [0.2, 0.25) is 0 Å². The topological polar surface area (TPSA) is 30.5 Å². The van der Waals surface area contributed by atoms with Crippen LogP contribution in [-0.4, -0.2) is 30.5 Å². The molecule has 30 heavy (non-hydrogen) atoms. The summed E-state index contributed by atoms with van der Waals surface area (Å²) in [6, 6.07) is 8.95. The van der Waals surface area contributed by atoms with Gasteiger partial charge in [-0.25, -0.2) is 0 Å². The van der Waals surface area contributed by atoms with Crippen LogP contribution >= 0.6 is 0 Å². The molecule has 0 bridgehead atoms. The van der Waals surface area contributed by atoms with Crippen LogP contribution in [0.5, 0.6) is 0 Å². The number of hydrogen-bond acceptors (Lipinski definition) is 3. The van der Waals surface area contributed by atoms with Gasteiger partial charge < -0.3 is 14.8 Å². The number of nitrogens with one attached hydrogen (secondary N) is 1. The van der Waals surface area contributed by atoms with Gasteiger partial charge in [0.05, 0.1) is 11.7 Å². The van der Waals surface area contributed by atoms with Crippen LogP contribution in [0.4, 0.5) is 0 Å². The molecule has 2 unspecified atom stereocenters. The Bertz CT molecular complexity index is 600. The number of hydrogen-bond donors (Lipinski definition) is 1. The lowest BCUT2D eigenvalue weighted by atomic mass is 9.84. The lowest BCUT2D eigenvalue weighted by Crippen LogP contribution is -2.35. The fourth-order valence-corrected chi connectivity index (χ4v) is 4.33. The molecule has 2 atom stereocenters. The van der Waals surface area contributed by atoms with Gasteiger partial charge >= 0.3 is 0 Å². The first-order valence-corrected chi connectivity index (χ1v) is 12.2. The second-order valence-corrected chi connectivity index (χ2v) is 11.2. The van der Waals surface area contributed by atoms with Crippen LogP contribution in [0.2, 0.25) is 0 Å². The molecular weight excluding hydrogens is 370 g/mol. The van der Waals surface area contributed by atoms with Crippen LogP contribution < -0.4 is 5.32 Å². The minimum atomic E-state index is -0.0156. The number of ether oxygens (including phenoxy) is 2. The molecule has 1 aliphatic carbocycles. The van der Waals surface area contributed by atoms with E-state index in [4.69, 9.17) is 9.47 Å². The molecule has 0 heterocycles.